The lowest BCUT2D eigenvalue weighted by atomic mass is 10.1. The van der Waals surface area contributed by atoms with Gasteiger partial charge in [-0.15, -0.1) is 11.3 Å². The van der Waals surface area contributed by atoms with Crippen LogP contribution in [-0.4, -0.2) is 70.2 Å². The molecular weight excluding hydrogens is 511 g/mol. The highest BCUT2D eigenvalue weighted by atomic mass is 32.2. The summed E-state index contributed by atoms with van der Waals surface area (Å²) in [5, 5.41) is 2.70. The van der Waals surface area contributed by atoms with Gasteiger partial charge in [0.25, 0.3) is 0 Å². The van der Waals surface area contributed by atoms with Crippen molar-refractivity contribution in [3.05, 3.63) is 53.0 Å². The summed E-state index contributed by atoms with van der Waals surface area (Å²) in [5.74, 6) is 0.641. The number of carbonyl (C=O) groups is 1. The lowest BCUT2D eigenvalue weighted by molar-refractivity contribution is -0.129. The average molecular weight is 548 g/mol. The van der Waals surface area contributed by atoms with Crippen LogP contribution in [0, 0.1) is 0 Å². The van der Waals surface area contributed by atoms with Gasteiger partial charge < -0.3 is 20.1 Å². The second-order valence-electron chi connectivity index (χ2n) is 8.57. The van der Waals surface area contributed by atoms with E-state index in [1.165, 1.54) is 22.7 Å². The molecule has 0 aromatic carbocycles. The summed E-state index contributed by atoms with van der Waals surface area (Å²) < 4.78 is 13.5. The van der Waals surface area contributed by atoms with Crippen molar-refractivity contribution < 1.29 is 9.35 Å². The number of likely N-dealkylation sites (N-methyl/N-ethyl adjacent to an activating group) is 2. The van der Waals surface area contributed by atoms with E-state index >= 15 is 0 Å². The molecule has 0 aliphatic heterocycles. The highest BCUT2D eigenvalue weighted by molar-refractivity contribution is 7.93. The molecule has 0 bridgehead atoms. The highest BCUT2D eigenvalue weighted by Gasteiger charge is 2.15. The normalized spacial score (nSPS) is 12.7. The van der Waals surface area contributed by atoms with Crippen molar-refractivity contribution in [3.63, 3.8) is 0 Å². The van der Waals surface area contributed by atoms with Crippen LogP contribution in [0.5, 0.6) is 0 Å². The van der Waals surface area contributed by atoms with E-state index in [0.717, 1.165) is 35.5 Å². The van der Waals surface area contributed by atoms with Crippen LogP contribution in [0.25, 0.3) is 16.3 Å². The molecule has 196 valence electrons. The Labute approximate surface area is 226 Å². The maximum Gasteiger partial charge on any atom is 0.231 e. The third-order valence-electron chi connectivity index (χ3n) is 5.27. The molecule has 0 fully saturated rings. The van der Waals surface area contributed by atoms with E-state index in [1.807, 2.05) is 63.8 Å². The van der Waals surface area contributed by atoms with E-state index in [9.17, 15) is 9.35 Å². The van der Waals surface area contributed by atoms with Crippen molar-refractivity contribution in [2.24, 2.45) is 0 Å². The minimum absolute atomic E-state index is 0.0736. The van der Waals surface area contributed by atoms with Crippen molar-refractivity contribution in [2.45, 2.75) is 37.3 Å². The number of thiazole rings is 1. The van der Waals surface area contributed by atoms with Gasteiger partial charge >= 0.3 is 0 Å². The van der Waals surface area contributed by atoms with Crippen LogP contribution in [0.3, 0.4) is 0 Å². The maximum atomic E-state index is 12.9. The van der Waals surface area contributed by atoms with E-state index in [-0.39, 0.29) is 5.91 Å². The van der Waals surface area contributed by atoms with E-state index in [1.54, 1.807) is 16.6 Å². The minimum Gasteiger partial charge on any atom is -0.611 e. The monoisotopic (exact) mass is 547 g/mol. The van der Waals surface area contributed by atoms with Gasteiger partial charge in [-0.3, -0.25) is 4.79 Å². The molecule has 2 rings (SSSR count). The molecule has 0 spiro atoms. The molecule has 0 radical (unpaired) electrons. The summed E-state index contributed by atoms with van der Waals surface area (Å²) >= 11 is 1.61. The number of nitrogen functional groups attached to an aromatic ring is 1. The average Bonchev–Trinajstić information content (AvgIpc) is 3.40. The first-order chi connectivity index (χ1) is 17.2. The molecule has 36 heavy (non-hydrogen) atoms. The van der Waals surface area contributed by atoms with Crippen molar-refractivity contribution in [1.29, 1.82) is 0 Å². The Bertz CT molecular complexity index is 1080. The summed E-state index contributed by atoms with van der Waals surface area (Å²) in [5.41, 5.74) is 11.1. The SMILES string of the molecule is CCCC[S+]([O-])c1scnc(-c2nccs2)cc(/C(C)=C/C=C\CC(=O)N(C)CCN(C)C)cc1N. The zero-order valence-corrected chi connectivity index (χ0v) is 24.2. The molecule has 2 N–H and O–H groups in total. The number of hydrogen-bond donors (Lipinski definition) is 1. The number of unbranched alkanes of at least 4 members (excludes halogenated alkanes) is 1. The largest absolute Gasteiger partial charge is 0.611 e. The van der Waals surface area contributed by atoms with Crippen LogP contribution in [0.1, 0.15) is 38.7 Å². The summed E-state index contributed by atoms with van der Waals surface area (Å²) in [6, 6.07) is 3.80. The third kappa shape index (κ3) is 10.0. The fraction of sp³-hybridized carbons (Fsp3) is 0.423. The van der Waals surface area contributed by atoms with Crippen molar-refractivity contribution in [3.8, 4) is 10.7 Å². The minimum atomic E-state index is -1.19. The summed E-state index contributed by atoms with van der Waals surface area (Å²) in [6.45, 7) is 5.57. The van der Waals surface area contributed by atoms with E-state index in [2.05, 4.69) is 21.8 Å². The third-order valence-corrected chi connectivity index (χ3v) is 8.88. The fourth-order valence-electron chi connectivity index (χ4n) is 3.01. The molecule has 1 unspecified atom stereocenters. The molecule has 10 heteroatoms. The van der Waals surface area contributed by atoms with Crippen LogP contribution in [0.4, 0.5) is 5.69 Å². The molecule has 0 aliphatic rings. The predicted octanol–water partition coefficient (Wildman–Crippen LogP) is 5.25. The first-order valence-corrected chi connectivity index (χ1v) is 14.9. The van der Waals surface area contributed by atoms with Gasteiger partial charge in [0.2, 0.25) is 10.1 Å². The molecule has 0 saturated carbocycles. The van der Waals surface area contributed by atoms with E-state index < -0.39 is 11.2 Å². The second kappa shape index (κ2) is 15.8. The number of rotatable bonds is 12. The summed E-state index contributed by atoms with van der Waals surface area (Å²) in [7, 11) is 5.80. The number of hydrogen-bond acceptors (Lipinski definition) is 8. The van der Waals surface area contributed by atoms with E-state index in [4.69, 9.17) is 5.73 Å². The second-order valence-corrected chi connectivity index (χ2v) is 12.1. The fourth-order valence-corrected chi connectivity index (χ4v) is 5.94. The predicted molar refractivity (Wildman–Crippen MR) is 155 cm³/mol. The number of nitrogens with zero attached hydrogens (tertiary/aromatic N) is 4. The van der Waals surface area contributed by atoms with Gasteiger partial charge in [0.05, 0.1) is 11.2 Å². The lowest BCUT2D eigenvalue weighted by Crippen LogP contribution is -2.33. The van der Waals surface area contributed by atoms with Crippen LogP contribution in [-0.2, 0) is 16.0 Å². The molecule has 2 aromatic rings. The van der Waals surface area contributed by atoms with Crippen LogP contribution in [0.15, 0.2) is 51.7 Å². The zero-order chi connectivity index (χ0) is 26.5. The first-order valence-electron chi connectivity index (χ1n) is 11.9. The maximum absolute atomic E-state index is 12.9. The molecule has 0 aliphatic carbocycles. The van der Waals surface area contributed by atoms with Crippen molar-refractivity contribution in [1.82, 2.24) is 19.8 Å². The number of aromatic nitrogens is 2. The van der Waals surface area contributed by atoms with Crippen LogP contribution in [0.2, 0.25) is 0 Å². The van der Waals surface area contributed by atoms with Crippen LogP contribution < -0.4 is 5.73 Å². The number of nitrogens with two attached hydrogens (primary N) is 1. The number of allylic oxidation sites excluding steroid dienone is 3. The smallest absolute Gasteiger partial charge is 0.231 e. The van der Waals surface area contributed by atoms with Gasteiger partial charge in [-0.05, 0) is 61.9 Å². The number of amides is 1. The topological polar surface area (TPSA) is 98.4 Å². The Balaban J connectivity index is 2.36. The van der Waals surface area contributed by atoms with Gasteiger partial charge in [0, 0.05) is 38.1 Å². The van der Waals surface area contributed by atoms with Gasteiger partial charge in [-0.1, -0.05) is 42.9 Å². The lowest BCUT2D eigenvalue weighted by Gasteiger charge is -2.18. The molecule has 0 saturated heterocycles. The summed E-state index contributed by atoms with van der Waals surface area (Å²) in [4.78, 5) is 25.2. The standard InChI is InChI=1S/C26H37N5O2S3/c1-6-7-16-36(33)26-22(27)17-21(18-23(29-19-35-26)25-28-12-15-34-25)20(2)10-8-9-11-24(32)31(5)14-13-30(3)4/h8-10,12,15,17-19H,6-7,11,13-14,16,27H2,1-5H3/b9-8-,20-10+,21-17?,23-18?,26-22?,29-19?. The highest BCUT2D eigenvalue weighted by Crippen LogP contribution is 2.28. The van der Waals surface area contributed by atoms with Crippen LogP contribution >= 0.6 is 22.7 Å². The van der Waals surface area contributed by atoms with Crippen molar-refractivity contribution >= 4 is 51.0 Å². The van der Waals surface area contributed by atoms with Gasteiger partial charge in [0.15, 0.2) is 0 Å². The molecule has 1 atom stereocenters. The Hall–Kier alpha value is -2.24. The molecule has 2 heterocycles. The van der Waals surface area contributed by atoms with Gasteiger partial charge in [-0.2, -0.15) is 0 Å². The molecule has 1 amide bonds. The Morgan fingerprint density at radius 1 is 1.19 bits per heavy atom. The van der Waals surface area contributed by atoms with E-state index in [0.29, 0.717) is 34.3 Å². The Kier molecular flexibility index (Phi) is 13.1. The Morgan fingerprint density at radius 2 is 1.97 bits per heavy atom. The molecule has 7 nitrogen and oxygen atoms in total. The Morgan fingerprint density at radius 3 is 2.64 bits per heavy atom. The zero-order valence-electron chi connectivity index (χ0n) is 21.8. The first kappa shape index (κ1) is 30.0. The number of anilines is 1. The van der Waals surface area contributed by atoms with Crippen molar-refractivity contribution in [2.75, 3.05) is 45.7 Å². The quantitative estimate of drug-likeness (QED) is 0.288. The number of carbonyl (C=O) groups excluding carboxylic acids is 1. The molecule has 2 aromatic heterocycles. The molecular formula is C26H37N5O2S3. The van der Waals surface area contributed by atoms with Gasteiger partial charge in [0.1, 0.15) is 16.5 Å². The summed E-state index contributed by atoms with van der Waals surface area (Å²) in [6.07, 6.45) is 9.60. The van der Waals surface area contributed by atoms with Gasteiger partial charge in [-0.25, -0.2) is 9.97 Å².